The average molecular weight is 479 g/mol. The summed E-state index contributed by atoms with van der Waals surface area (Å²) in [5.74, 6) is 0.894. The second kappa shape index (κ2) is 12.0. The molecule has 152 valence electrons. The Morgan fingerprint density at radius 2 is 1.54 bits per heavy atom. The third-order valence-corrected chi connectivity index (χ3v) is 5.33. The van der Waals surface area contributed by atoms with Crippen molar-refractivity contribution in [1.29, 1.82) is 0 Å². The topological polar surface area (TPSA) is 60.0 Å². The summed E-state index contributed by atoms with van der Waals surface area (Å²) in [6, 6.07) is 0. The number of likely N-dealkylation sites (tertiary alicyclic amines) is 2. The quantitative estimate of drug-likeness (QED) is 0.349. The van der Waals surface area contributed by atoms with Crippen molar-refractivity contribution in [3.05, 3.63) is 0 Å². The number of carbonyl (C=O) groups excluding carboxylic acids is 1. The van der Waals surface area contributed by atoms with Gasteiger partial charge < -0.3 is 15.5 Å². The minimum Gasteiger partial charge on any atom is -0.357 e. The predicted molar refractivity (Wildman–Crippen MR) is 119 cm³/mol. The maximum absolute atomic E-state index is 12.3. The third-order valence-electron chi connectivity index (χ3n) is 5.33. The van der Waals surface area contributed by atoms with Gasteiger partial charge in [0.25, 0.3) is 0 Å². The van der Waals surface area contributed by atoms with Crippen LogP contribution in [-0.2, 0) is 4.79 Å². The molecule has 0 unspecified atom stereocenters. The molecule has 0 bridgehead atoms. The molecule has 2 rings (SSSR count). The highest BCUT2D eigenvalue weighted by Gasteiger charge is 2.28. The summed E-state index contributed by atoms with van der Waals surface area (Å²) >= 11 is 0. The van der Waals surface area contributed by atoms with Crippen molar-refractivity contribution in [3.63, 3.8) is 0 Å². The van der Waals surface area contributed by atoms with Crippen LogP contribution in [0.5, 0.6) is 0 Å². The standard InChI is InChI=1S/C19H37N5O.HI/c1-4-20-18(21-15-17(25)23-11-7-5-8-12-23)22-16-19(2,3)24-13-9-6-10-14-24;/h4-16H2,1-3H3,(H2,20,21,22);1H. The molecule has 1 amide bonds. The summed E-state index contributed by atoms with van der Waals surface area (Å²) in [6.07, 6.45) is 7.42. The van der Waals surface area contributed by atoms with Crippen molar-refractivity contribution in [2.45, 2.75) is 64.8 Å². The molecule has 26 heavy (non-hydrogen) atoms. The van der Waals surface area contributed by atoms with E-state index >= 15 is 0 Å². The van der Waals surface area contributed by atoms with E-state index in [9.17, 15) is 4.79 Å². The number of amides is 1. The lowest BCUT2D eigenvalue weighted by molar-refractivity contribution is -0.130. The summed E-state index contributed by atoms with van der Waals surface area (Å²) < 4.78 is 0. The van der Waals surface area contributed by atoms with Gasteiger partial charge >= 0.3 is 0 Å². The lowest BCUT2D eigenvalue weighted by Gasteiger charge is -2.41. The van der Waals surface area contributed by atoms with E-state index in [-0.39, 0.29) is 42.0 Å². The van der Waals surface area contributed by atoms with Crippen LogP contribution in [0.25, 0.3) is 0 Å². The highest BCUT2D eigenvalue weighted by atomic mass is 127. The average Bonchev–Trinajstić information content (AvgIpc) is 2.65. The fourth-order valence-corrected chi connectivity index (χ4v) is 3.64. The summed E-state index contributed by atoms with van der Waals surface area (Å²) in [6.45, 7) is 12.6. The Morgan fingerprint density at radius 3 is 2.12 bits per heavy atom. The number of halogens is 1. The minimum atomic E-state index is 0. The Balaban J connectivity index is 0.00000338. The van der Waals surface area contributed by atoms with Crippen molar-refractivity contribution in [3.8, 4) is 0 Å². The zero-order chi connectivity index (χ0) is 18.1. The molecule has 0 aromatic rings. The lowest BCUT2D eigenvalue weighted by atomic mass is 9.98. The molecule has 0 aliphatic carbocycles. The molecule has 2 fully saturated rings. The van der Waals surface area contributed by atoms with Gasteiger partial charge in [-0.15, -0.1) is 24.0 Å². The van der Waals surface area contributed by atoms with Crippen molar-refractivity contribution < 1.29 is 4.79 Å². The first kappa shape index (κ1) is 23.5. The first-order valence-electron chi connectivity index (χ1n) is 10.1. The van der Waals surface area contributed by atoms with Gasteiger partial charge in [-0.25, -0.2) is 4.99 Å². The number of carbonyl (C=O) groups is 1. The second-order valence-corrected chi connectivity index (χ2v) is 7.85. The molecule has 2 heterocycles. The number of hydrogen-bond donors (Lipinski definition) is 2. The van der Waals surface area contributed by atoms with E-state index in [0.29, 0.717) is 0 Å². The molecular weight excluding hydrogens is 441 g/mol. The van der Waals surface area contributed by atoms with E-state index in [0.717, 1.165) is 45.0 Å². The molecule has 2 N–H and O–H groups in total. The molecule has 2 saturated heterocycles. The SMILES string of the molecule is CCNC(=NCC(=O)N1CCCCC1)NCC(C)(C)N1CCCCC1.I. The molecule has 0 spiro atoms. The Bertz CT molecular complexity index is 443. The zero-order valence-corrected chi connectivity index (χ0v) is 19.2. The molecule has 0 aromatic carbocycles. The van der Waals surface area contributed by atoms with Gasteiger partial charge in [0, 0.05) is 31.7 Å². The minimum absolute atomic E-state index is 0. The smallest absolute Gasteiger partial charge is 0.244 e. The number of nitrogens with zero attached hydrogens (tertiary/aromatic N) is 3. The zero-order valence-electron chi connectivity index (χ0n) is 16.9. The first-order valence-corrected chi connectivity index (χ1v) is 10.1. The van der Waals surface area contributed by atoms with Crippen molar-refractivity contribution >= 4 is 35.8 Å². The Kier molecular flexibility index (Phi) is 10.8. The van der Waals surface area contributed by atoms with Gasteiger partial charge in [0.1, 0.15) is 6.54 Å². The predicted octanol–water partition coefficient (Wildman–Crippen LogP) is 2.44. The van der Waals surface area contributed by atoms with E-state index in [4.69, 9.17) is 0 Å². The number of guanidine groups is 1. The van der Waals surface area contributed by atoms with Crippen LogP contribution >= 0.6 is 24.0 Å². The fourth-order valence-electron chi connectivity index (χ4n) is 3.64. The number of rotatable bonds is 6. The normalized spacial score (nSPS) is 19.7. The second-order valence-electron chi connectivity index (χ2n) is 7.85. The highest BCUT2D eigenvalue weighted by molar-refractivity contribution is 14.0. The molecule has 0 aromatic heterocycles. The molecule has 0 saturated carbocycles. The maximum atomic E-state index is 12.3. The highest BCUT2D eigenvalue weighted by Crippen LogP contribution is 2.19. The van der Waals surface area contributed by atoms with E-state index in [2.05, 4.69) is 41.3 Å². The van der Waals surface area contributed by atoms with Gasteiger partial charge in [0.2, 0.25) is 5.91 Å². The van der Waals surface area contributed by atoms with Crippen molar-refractivity contribution in [1.82, 2.24) is 20.4 Å². The number of piperidine rings is 2. The van der Waals surface area contributed by atoms with Gasteiger partial charge in [0.15, 0.2) is 5.96 Å². The molecule has 6 nitrogen and oxygen atoms in total. The molecule has 2 aliphatic rings. The number of aliphatic imine (C=N–C) groups is 1. The van der Waals surface area contributed by atoms with Gasteiger partial charge in [-0.1, -0.05) is 6.42 Å². The Hall–Kier alpha value is -0.570. The third kappa shape index (κ3) is 7.58. The molecule has 0 atom stereocenters. The number of hydrogen-bond acceptors (Lipinski definition) is 3. The van der Waals surface area contributed by atoms with Crippen molar-refractivity contribution in [2.24, 2.45) is 4.99 Å². The van der Waals surface area contributed by atoms with Crippen LogP contribution in [0.1, 0.15) is 59.3 Å². The lowest BCUT2D eigenvalue weighted by Crippen LogP contribution is -2.55. The Labute approximate surface area is 176 Å². The monoisotopic (exact) mass is 479 g/mol. The Morgan fingerprint density at radius 1 is 0.962 bits per heavy atom. The largest absolute Gasteiger partial charge is 0.357 e. The van der Waals surface area contributed by atoms with Crippen LogP contribution in [0.2, 0.25) is 0 Å². The van der Waals surface area contributed by atoms with Crippen LogP contribution in [0.3, 0.4) is 0 Å². The first-order chi connectivity index (χ1) is 12.0. The van der Waals surface area contributed by atoms with E-state index < -0.39 is 0 Å². The summed E-state index contributed by atoms with van der Waals surface area (Å²) in [5, 5.41) is 6.71. The van der Waals surface area contributed by atoms with Crippen LogP contribution in [-0.4, -0.2) is 73.0 Å². The molecule has 2 aliphatic heterocycles. The maximum Gasteiger partial charge on any atom is 0.244 e. The van der Waals surface area contributed by atoms with Gasteiger partial charge in [-0.05, 0) is 66.0 Å². The summed E-state index contributed by atoms with van der Waals surface area (Å²) in [4.78, 5) is 21.3. The van der Waals surface area contributed by atoms with Crippen LogP contribution in [0.15, 0.2) is 4.99 Å². The molecule has 0 radical (unpaired) electrons. The fraction of sp³-hybridized carbons (Fsp3) is 0.895. The van der Waals surface area contributed by atoms with E-state index in [1.165, 1.54) is 38.8 Å². The van der Waals surface area contributed by atoms with Crippen LogP contribution < -0.4 is 10.6 Å². The molecule has 7 heteroatoms. The van der Waals surface area contributed by atoms with E-state index in [1.807, 2.05) is 4.90 Å². The van der Waals surface area contributed by atoms with Crippen LogP contribution in [0.4, 0.5) is 0 Å². The van der Waals surface area contributed by atoms with Gasteiger partial charge in [-0.2, -0.15) is 0 Å². The summed E-state index contributed by atoms with van der Waals surface area (Å²) in [7, 11) is 0. The van der Waals surface area contributed by atoms with Gasteiger partial charge in [0.05, 0.1) is 0 Å². The van der Waals surface area contributed by atoms with E-state index in [1.54, 1.807) is 0 Å². The van der Waals surface area contributed by atoms with Crippen LogP contribution in [0, 0.1) is 0 Å². The van der Waals surface area contributed by atoms with Gasteiger partial charge in [-0.3, -0.25) is 9.69 Å². The van der Waals surface area contributed by atoms with Crippen molar-refractivity contribution in [2.75, 3.05) is 45.8 Å². The molecular formula is C19H38IN5O. The number of nitrogens with one attached hydrogen (secondary N) is 2. The summed E-state index contributed by atoms with van der Waals surface area (Å²) in [5.41, 5.74) is 0.0908.